The topological polar surface area (TPSA) is 57.5 Å². The molecule has 4 fully saturated rings. The van der Waals surface area contributed by atoms with E-state index >= 15 is 0 Å². The number of aliphatic hydroxyl groups is 2. The summed E-state index contributed by atoms with van der Waals surface area (Å²) < 4.78 is 0. The number of Topliss-reactive ketones (excluding diaryl/α,β-unsaturated/α-hetero) is 1. The molecule has 0 aliphatic heterocycles. The smallest absolute Gasteiger partial charge is 0.133 e. The van der Waals surface area contributed by atoms with Crippen LogP contribution < -0.4 is 0 Å². The molecular weight excluding hydrogens is 276 g/mol. The monoisotopic (exact) mass is 306 g/mol. The van der Waals surface area contributed by atoms with Crippen molar-refractivity contribution in [1.82, 2.24) is 0 Å². The van der Waals surface area contributed by atoms with Crippen LogP contribution in [0.25, 0.3) is 0 Å². The number of rotatable bonds is 0. The Kier molecular flexibility index (Phi) is 3.30. The van der Waals surface area contributed by atoms with Gasteiger partial charge in [0.15, 0.2) is 0 Å². The van der Waals surface area contributed by atoms with Crippen molar-refractivity contribution in [2.75, 3.05) is 0 Å². The zero-order valence-corrected chi connectivity index (χ0v) is 13.9. The number of hydrogen-bond donors (Lipinski definition) is 2. The van der Waals surface area contributed by atoms with Crippen LogP contribution in [-0.4, -0.2) is 28.2 Å². The van der Waals surface area contributed by atoms with Crippen LogP contribution in [0.3, 0.4) is 0 Å². The summed E-state index contributed by atoms with van der Waals surface area (Å²) in [7, 11) is 0. The van der Waals surface area contributed by atoms with Crippen LogP contribution in [0.5, 0.6) is 0 Å². The molecule has 3 heteroatoms. The minimum Gasteiger partial charge on any atom is -0.393 e. The van der Waals surface area contributed by atoms with Gasteiger partial charge in [0, 0.05) is 12.8 Å². The molecule has 0 radical (unpaired) electrons. The van der Waals surface area contributed by atoms with Gasteiger partial charge in [0.1, 0.15) is 5.78 Å². The quantitative estimate of drug-likeness (QED) is 0.723. The number of fused-ring (bicyclic) bond motifs is 5. The molecule has 4 aliphatic carbocycles. The van der Waals surface area contributed by atoms with Crippen LogP contribution in [0.2, 0.25) is 0 Å². The van der Waals surface area contributed by atoms with Gasteiger partial charge in [-0.1, -0.05) is 13.8 Å². The predicted octanol–water partition coefficient (Wildman–Crippen LogP) is 2.93. The lowest BCUT2D eigenvalue weighted by molar-refractivity contribution is -0.168. The van der Waals surface area contributed by atoms with Crippen LogP contribution >= 0.6 is 0 Å². The van der Waals surface area contributed by atoms with Gasteiger partial charge in [-0.15, -0.1) is 0 Å². The summed E-state index contributed by atoms with van der Waals surface area (Å²) in [6.45, 7) is 4.62. The third kappa shape index (κ3) is 1.84. The van der Waals surface area contributed by atoms with Crippen molar-refractivity contribution < 1.29 is 15.0 Å². The third-order valence-corrected chi connectivity index (χ3v) is 8.45. The van der Waals surface area contributed by atoms with Gasteiger partial charge in [-0.25, -0.2) is 0 Å². The Morgan fingerprint density at radius 2 is 1.68 bits per heavy atom. The molecule has 3 nitrogen and oxygen atoms in total. The molecule has 8 atom stereocenters. The van der Waals surface area contributed by atoms with Crippen molar-refractivity contribution in [3.05, 3.63) is 0 Å². The second-order valence-corrected chi connectivity index (χ2v) is 9.17. The van der Waals surface area contributed by atoms with E-state index in [0.29, 0.717) is 36.4 Å². The Hall–Kier alpha value is -0.410. The zero-order valence-electron chi connectivity index (χ0n) is 13.9. The van der Waals surface area contributed by atoms with E-state index in [-0.39, 0.29) is 29.0 Å². The lowest BCUT2D eigenvalue weighted by Crippen LogP contribution is -2.58. The number of ketones is 1. The molecule has 0 bridgehead atoms. The fraction of sp³-hybridized carbons (Fsp3) is 0.947. The summed E-state index contributed by atoms with van der Waals surface area (Å²) in [6, 6.07) is 0. The molecule has 3 unspecified atom stereocenters. The fourth-order valence-corrected chi connectivity index (χ4v) is 7.06. The van der Waals surface area contributed by atoms with Crippen molar-refractivity contribution in [2.24, 2.45) is 34.5 Å². The Morgan fingerprint density at radius 1 is 0.955 bits per heavy atom. The molecular formula is C19H30O3. The molecule has 0 aromatic heterocycles. The molecule has 4 rings (SSSR count). The summed E-state index contributed by atoms with van der Waals surface area (Å²) >= 11 is 0. The molecule has 0 spiro atoms. The Balaban J connectivity index is 1.68. The van der Waals surface area contributed by atoms with E-state index in [9.17, 15) is 15.0 Å². The van der Waals surface area contributed by atoms with E-state index in [4.69, 9.17) is 0 Å². The fourth-order valence-electron chi connectivity index (χ4n) is 7.06. The molecule has 0 amide bonds. The first-order valence-electron chi connectivity index (χ1n) is 9.24. The van der Waals surface area contributed by atoms with E-state index < -0.39 is 0 Å². The summed E-state index contributed by atoms with van der Waals surface area (Å²) in [5, 5.41) is 21.2. The summed E-state index contributed by atoms with van der Waals surface area (Å²) in [4.78, 5) is 11.9. The normalized spacial score (nSPS) is 57.9. The molecule has 0 heterocycles. The van der Waals surface area contributed by atoms with Crippen molar-refractivity contribution in [3.8, 4) is 0 Å². The minimum atomic E-state index is -0.324. The van der Waals surface area contributed by atoms with Crippen molar-refractivity contribution in [2.45, 2.75) is 77.4 Å². The van der Waals surface area contributed by atoms with Gasteiger partial charge in [0.05, 0.1) is 12.2 Å². The maximum Gasteiger partial charge on any atom is 0.133 e. The predicted molar refractivity (Wildman–Crippen MR) is 84.1 cm³/mol. The van der Waals surface area contributed by atoms with Gasteiger partial charge in [0.25, 0.3) is 0 Å². The summed E-state index contributed by atoms with van der Waals surface area (Å²) in [5.74, 6) is 2.26. The highest BCUT2D eigenvalue weighted by molar-refractivity contribution is 5.79. The van der Waals surface area contributed by atoms with Gasteiger partial charge < -0.3 is 10.2 Å². The van der Waals surface area contributed by atoms with Crippen LogP contribution in [0.1, 0.15) is 65.2 Å². The van der Waals surface area contributed by atoms with E-state index in [1.54, 1.807) is 0 Å². The first-order valence-corrected chi connectivity index (χ1v) is 9.24. The zero-order chi connectivity index (χ0) is 15.7. The average molecular weight is 306 g/mol. The molecule has 4 aliphatic rings. The van der Waals surface area contributed by atoms with E-state index in [2.05, 4.69) is 13.8 Å². The van der Waals surface area contributed by atoms with Crippen LogP contribution in [0.4, 0.5) is 0 Å². The number of carbonyl (C=O) groups excluding carboxylic acids is 1. The lowest BCUT2D eigenvalue weighted by Gasteiger charge is -2.61. The van der Waals surface area contributed by atoms with Gasteiger partial charge in [-0.05, 0) is 73.0 Å². The Bertz CT molecular complexity index is 489. The minimum absolute atomic E-state index is 0.0641. The Labute approximate surface area is 133 Å². The maximum absolute atomic E-state index is 11.9. The van der Waals surface area contributed by atoms with E-state index in [1.165, 1.54) is 6.42 Å². The molecule has 0 aromatic rings. The first kappa shape index (κ1) is 15.1. The second-order valence-electron chi connectivity index (χ2n) is 9.17. The van der Waals surface area contributed by atoms with E-state index in [0.717, 1.165) is 32.1 Å². The highest BCUT2D eigenvalue weighted by atomic mass is 16.3. The van der Waals surface area contributed by atoms with Crippen molar-refractivity contribution in [1.29, 1.82) is 0 Å². The molecule has 2 N–H and O–H groups in total. The summed E-state index contributed by atoms with van der Waals surface area (Å²) in [5.41, 5.74) is 0.194. The number of aliphatic hydroxyl groups excluding tert-OH is 2. The summed E-state index contributed by atoms with van der Waals surface area (Å²) in [6.07, 6.45) is 6.95. The molecule has 0 saturated heterocycles. The first-order chi connectivity index (χ1) is 10.4. The number of hydrogen-bond acceptors (Lipinski definition) is 3. The van der Waals surface area contributed by atoms with E-state index in [1.807, 2.05) is 0 Å². The lowest BCUT2D eigenvalue weighted by atomic mass is 9.44. The Morgan fingerprint density at radius 3 is 2.45 bits per heavy atom. The number of carbonyl (C=O) groups is 1. The van der Waals surface area contributed by atoms with Crippen LogP contribution in [0, 0.1) is 34.5 Å². The second kappa shape index (κ2) is 4.80. The van der Waals surface area contributed by atoms with Gasteiger partial charge >= 0.3 is 0 Å². The van der Waals surface area contributed by atoms with Crippen LogP contribution in [0.15, 0.2) is 0 Å². The molecule has 124 valence electrons. The van der Waals surface area contributed by atoms with Gasteiger partial charge in [-0.3, -0.25) is 4.79 Å². The largest absolute Gasteiger partial charge is 0.393 e. The van der Waals surface area contributed by atoms with Gasteiger partial charge in [0.2, 0.25) is 0 Å². The van der Waals surface area contributed by atoms with Crippen molar-refractivity contribution in [3.63, 3.8) is 0 Å². The standard InChI is InChI=1S/C19H30O3/c1-18-7-5-11(20)9-15(18)16(21)10-12-13-3-4-17(22)19(13,2)8-6-14(12)18/h12-17,21-22H,3-10H2,1-2H3/t12-,13-,14-,15?,16?,17?,18+,19-/m0/s1. The molecule has 22 heavy (non-hydrogen) atoms. The SMILES string of the molecule is C[C@]12CCC(=O)CC1C(O)C[C@@H]1[C@@H]2CC[C@]2(C)C(O)CC[C@@H]12. The average Bonchev–Trinajstić information content (AvgIpc) is 2.77. The highest BCUT2D eigenvalue weighted by Crippen LogP contribution is 2.65. The molecule has 0 aromatic carbocycles. The maximum atomic E-state index is 11.9. The van der Waals surface area contributed by atoms with Crippen molar-refractivity contribution >= 4 is 5.78 Å². The third-order valence-electron chi connectivity index (χ3n) is 8.45. The molecule has 4 saturated carbocycles. The highest BCUT2D eigenvalue weighted by Gasteiger charge is 2.61. The van der Waals surface area contributed by atoms with Gasteiger partial charge in [-0.2, -0.15) is 0 Å². The van der Waals surface area contributed by atoms with Crippen LogP contribution in [-0.2, 0) is 4.79 Å².